The van der Waals surface area contributed by atoms with Gasteiger partial charge in [0.25, 0.3) is 5.56 Å². The van der Waals surface area contributed by atoms with Crippen molar-refractivity contribution in [1.82, 2.24) is 24.9 Å². The summed E-state index contributed by atoms with van der Waals surface area (Å²) in [5, 5.41) is 10.9. The van der Waals surface area contributed by atoms with Gasteiger partial charge in [0.2, 0.25) is 0 Å². The monoisotopic (exact) mass is 379 g/mol. The van der Waals surface area contributed by atoms with Gasteiger partial charge in [-0.2, -0.15) is 5.10 Å². The summed E-state index contributed by atoms with van der Waals surface area (Å²) in [5.74, 6) is 0.757. The third-order valence-electron chi connectivity index (χ3n) is 4.64. The topological polar surface area (TPSA) is 75.1 Å². The van der Waals surface area contributed by atoms with Crippen molar-refractivity contribution >= 4 is 29.4 Å². The smallest absolute Gasteiger partial charge is 0.251 e. The van der Waals surface area contributed by atoms with Crippen molar-refractivity contribution in [2.75, 3.05) is 13.1 Å². The first-order chi connectivity index (χ1) is 11.6. The van der Waals surface area contributed by atoms with Crippen LogP contribution in [-0.4, -0.2) is 32.7 Å². The summed E-state index contributed by atoms with van der Waals surface area (Å²) in [6.45, 7) is 6.23. The third kappa shape index (κ3) is 3.36. The average molecular weight is 380 g/mol. The van der Waals surface area contributed by atoms with E-state index in [0.29, 0.717) is 11.8 Å². The number of rotatable bonds is 3. The van der Waals surface area contributed by atoms with Crippen molar-refractivity contribution in [1.29, 1.82) is 0 Å². The SMILES string of the molecule is CC(C)c1csc(-c2cnn3c(C4CCNCC4)cc(=O)[nH]c23)n1.Cl. The van der Waals surface area contributed by atoms with Crippen LogP contribution in [0.2, 0.25) is 0 Å². The first-order valence-corrected chi connectivity index (χ1v) is 9.29. The number of hydrogen-bond donors (Lipinski definition) is 2. The van der Waals surface area contributed by atoms with Gasteiger partial charge in [-0.3, -0.25) is 4.79 Å². The Morgan fingerprint density at radius 2 is 2.08 bits per heavy atom. The summed E-state index contributed by atoms with van der Waals surface area (Å²) < 4.78 is 1.89. The molecule has 134 valence electrons. The molecule has 0 bridgehead atoms. The molecule has 0 aliphatic carbocycles. The zero-order valence-electron chi connectivity index (χ0n) is 14.3. The normalized spacial score (nSPS) is 15.6. The Balaban J connectivity index is 0.00000182. The van der Waals surface area contributed by atoms with E-state index in [4.69, 9.17) is 4.98 Å². The van der Waals surface area contributed by atoms with E-state index in [1.54, 1.807) is 17.4 Å². The Morgan fingerprint density at radius 1 is 1.32 bits per heavy atom. The van der Waals surface area contributed by atoms with Crippen LogP contribution in [0.4, 0.5) is 0 Å². The molecular weight excluding hydrogens is 358 g/mol. The zero-order chi connectivity index (χ0) is 16.7. The number of aromatic amines is 1. The van der Waals surface area contributed by atoms with E-state index >= 15 is 0 Å². The van der Waals surface area contributed by atoms with Gasteiger partial charge in [0.05, 0.1) is 23.1 Å². The standard InChI is InChI=1S/C17H21N5OS.ClH/c1-10(2)13-9-24-17(20-13)12-8-19-22-14(7-15(23)21-16(12)22)11-3-5-18-6-4-11;/h7-11,18H,3-6H2,1-2H3,(H,21,23);1H. The molecule has 6 nitrogen and oxygen atoms in total. The maximum absolute atomic E-state index is 12.2. The van der Waals surface area contributed by atoms with Crippen LogP contribution in [-0.2, 0) is 0 Å². The van der Waals surface area contributed by atoms with Crippen molar-refractivity contribution in [3.8, 4) is 10.6 Å². The van der Waals surface area contributed by atoms with Gasteiger partial charge in [-0.05, 0) is 31.8 Å². The van der Waals surface area contributed by atoms with Gasteiger partial charge in [-0.1, -0.05) is 13.8 Å². The summed E-state index contributed by atoms with van der Waals surface area (Å²) >= 11 is 1.60. The fourth-order valence-electron chi connectivity index (χ4n) is 3.25. The molecule has 4 heterocycles. The van der Waals surface area contributed by atoms with Gasteiger partial charge in [-0.15, -0.1) is 23.7 Å². The lowest BCUT2D eigenvalue weighted by Crippen LogP contribution is -2.28. The second-order valence-electron chi connectivity index (χ2n) is 6.63. The maximum Gasteiger partial charge on any atom is 0.251 e. The molecule has 0 unspecified atom stereocenters. The Kier molecular flexibility index (Phi) is 5.27. The molecule has 0 radical (unpaired) electrons. The minimum Gasteiger partial charge on any atom is -0.317 e. The zero-order valence-corrected chi connectivity index (χ0v) is 15.9. The van der Waals surface area contributed by atoms with E-state index in [-0.39, 0.29) is 18.0 Å². The molecule has 1 saturated heterocycles. The van der Waals surface area contributed by atoms with Crippen molar-refractivity contribution in [2.45, 2.75) is 38.5 Å². The Bertz CT molecular complexity index is 923. The summed E-state index contributed by atoms with van der Waals surface area (Å²) in [6, 6.07) is 1.70. The van der Waals surface area contributed by atoms with Crippen molar-refractivity contribution in [2.24, 2.45) is 0 Å². The summed E-state index contributed by atoms with van der Waals surface area (Å²) in [4.78, 5) is 19.9. The van der Waals surface area contributed by atoms with Gasteiger partial charge >= 0.3 is 0 Å². The van der Waals surface area contributed by atoms with Crippen molar-refractivity contribution in [3.05, 3.63) is 39.4 Å². The molecule has 2 N–H and O–H groups in total. The molecule has 25 heavy (non-hydrogen) atoms. The Morgan fingerprint density at radius 3 is 2.76 bits per heavy atom. The summed E-state index contributed by atoms with van der Waals surface area (Å²) in [5.41, 5.74) is 3.66. The average Bonchev–Trinajstić information content (AvgIpc) is 3.21. The molecule has 0 spiro atoms. The van der Waals surface area contributed by atoms with Crippen LogP contribution in [0.3, 0.4) is 0 Å². The largest absolute Gasteiger partial charge is 0.317 e. The predicted molar refractivity (Wildman–Crippen MR) is 103 cm³/mol. The minimum atomic E-state index is -0.0709. The number of nitrogens with one attached hydrogen (secondary N) is 2. The lowest BCUT2D eigenvalue weighted by molar-refractivity contribution is 0.446. The predicted octanol–water partition coefficient (Wildman–Crippen LogP) is 3.16. The quantitative estimate of drug-likeness (QED) is 0.733. The van der Waals surface area contributed by atoms with E-state index in [0.717, 1.165) is 53.5 Å². The fraction of sp³-hybridized carbons (Fsp3) is 0.471. The van der Waals surface area contributed by atoms with Crippen LogP contribution < -0.4 is 10.9 Å². The molecule has 0 atom stereocenters. The van der Waals surface area contributed by atoms with Crippen molar-refractivity contribution in [3.63, 3.8) is 0 Å². The molecular formula is C17H22ClN5OS. The molecule has 0 saturated carbocycles. The number of aromatic nitrogens is 4. The number of nitrogens with zero attached hydrogens (tertiary/aromatic N) is 3. The highest BCUT2D eigenvalue weighted by Crippen LogP contribution is 2.31. The van der Waals surface area contributed by atoms with Crippen LogP contribution in [0, 0.1) is 0 Å². The van der Waals surface area contributed by atoms with Crippen LogP contribution in [0.15, 0.2) is 22.4 Å². The van der Waals surface area contributed by atoms with E-state index in [9.17, 15) is 4.79 Å². The third-order valence-corrected chi connectivity index (χ3v) is 5.53. The molecule has 3 aromatic heterocycles. The number of halogens is 1. The second kappa shape index (κ2) is 7.27. The lowest BCUT2D eigenvalue weighted by Gasteiger charge is -2.23. The minimum absolute atomic E-state index is 0. The summed E-state index contributed by atoms with van der Waals surface area (Å²) in [7, 11) is 0. The number of H-pyrrole nitrogens is 1. The number of piperidine rings is 1. The van der Waals surface area contributed by atoms with E-state index < -0.39 is 0 Å². The molecule has 1 aliphatic heterocycles. The Labute approximate surface area is 156 Å². The van der Waals surface area contributed by atoms with Crippen molar-refractivity contribution < 1.29 is 0 Å². The summed E-state index contributed by atoms with van der Waals surface area (Å²) in [6.07, 6.45) is 3.88. The van der Waals surface area contributed by atoms with Crippen LogP contribution >= 0.6 is 23.7 Å². The first-order valence-electron chi connectivity index (χ1n) is 8.41. The van der Waals surface area contributed by atoms with E-state index in [2.05, 4.69) is 34.6 Å². The molecule has 0 amide bonds. The van der Waals surface area contributed by atoms with E-state index in [1.165, 1.54) is 0 Å². The molecule has 0 aromatic carbocycles. The highest BCUT2D eigenvalue weighted by Gasteiger charge is 2.21. The van der Waals surface area contributed by atoms with Gasteiger partial charge < -0.3 is 10.3 Å². The van der Waals surface area contributed by atoms with Crippen LogP contribution in [0.25, 0.3) is 16.2 Å². The Hall–Kier alpha value is -1.70. The first kappa shape index (κ1) is 18.1. The molecule has 1 fully saturated rings. The van der Waals surface area contributed by atoms with Gasteiger partial charge in [0, 0.05) is 17.4 Å². The van der Waals surface area contributed by atoms with Gasteiger partial charge in [-0.25, -0.2) is 9.50 Å². The van der Waals surface area contributed by atoms with E-state index in [1.807, 2.05) is 10.7 Å². The van der Waals surface area contributed by atoms with Gasteiger partial charge in [0.1, 0.15) is 10.7 Å². The molecule has 8 heteroatoms. The van der Waals surface area contributed by atoms with Gasteiger partial charge in [0.15, 0.2) is 0 Å². The molecule has 1 aliphatic rings. The number of hydrogen-bond acceptors (Lipinski definition) is 5. The van der Waals surface area contributed by atoms with Crippen LogP contribution in [0.1, 0.15) is 49.9 Å². The lowest BCUT2D eigenvalue weighted by atomic mass is 9.94. The molecule has 3 aromatic rings. The highest BCUT2D eigenvalue weighted by atomic mass is 35.5. The number of thiazole rings is 1. The molecule has 4 rings (SSSR count). The second-order valence-corrected chi connectivity index (χ2v) is 7.49. The highest BCUT2D eigenvalue weighted by molar-refractivity contribution is 7.13. The maximum atomic E-state index is 12.2. The number of fused-ring (bicyclic) bond motifs is 1. The van der Waals surface area contributed by atoms with Crippen LogP contribution in [0.5, 0.6) is 0 Å². The fourth-order valence-corrected chi connectivity index (χ4v) is 4.24.